The monoisotopic (exact) mass is 303 g/mol. The summed E-state index contributed by atoms with van der Waals surface area (Å²) in [5.74, 6) is -1.07. The zero-order valence-corrected chi connectivity index (χ0v) is 10.3. The van der Waals surface area contributed by atoms with E-state index in [9.17, 15) is 4.79 Å². The highest BCUT2D eigenvalue weighted by Gasteiger charge is 2.29. The molecule has 0 amide bonds. The molecule has 4 nitrogen and oxygen atoms in total. The topological polar surface area (TPSA) is 69.9 Å². The minimum Gasteiger partial charge on any atom is -0.478 e. The first-order chi connectivity index (χ1) is 6.29. The predicted molar refractivity (Wildman–Crippen MR) is 58.6 cm³/mol. The number of carbonyl (C=O) groups is 1. The van der Waals surface area contributed by atoms with Gasteiger partial charge in [-0.15, -0.1) is 23.2 Å². The second kappa shape index (κ2) is 8.68. The second-order valence-corrected chi connectivity index (χ2v) is 4.55. The van der Waals surface area contributed by atoms with Crippen LogP contribution in [0.2, 0.25) is 0 Å². The van der Waals surface area contributed by atoms with E-state index in [-0.39, 0.29) is 11.8 Å². The molecule has 0 rings (SSSR count). The third-order valence-corrected chi connectivity index (χ3v) is 1.79. The highest BCUT2D eigenvalue weighted by Crippen LogP contribution is 2.25. The van der Waals surface area contributed by atoms with Crippen molar-refractivity contribution in [3.05, 3.63) is 0 Å². The van der Waals surface area contributed by atoms with Gasteiger partial charge in [-0.2, -0.15) is 0 Å². The molecule has 0 aromatic rings. The fourth-order valence-corrected chi connectivity index (χ4v) is 0.482. The van der Waals surface area contributed by atoms with Gasteiger partial charge in [0, 0.05) is 0 Å². The van der Waals surface area contributed by atoms with Crippen molar-refractivity contribution < 1.29 is 15.1 Å². The number of alkyl halides is 5. The molecule has 0 aromatic carbocycles. The van der Waals surface area contributed by atoms with Crippen molar-refractivity contribution in [2.24, 2.45) is 5.16 Å². The lowest BCUT2D eigenvalue weighted by atomic mass is 10.5. The van der Waals surface area contributed by atoms with Gasteiger partial charge in [0.15, 0.2) is 0 Å². The summed E-state index contributed by atoms with van der Waals surface area (Å²) >= 11 is 24.8. The van der Waals surface area contributed by atoms with E-state index < -0.39 is 9.76 Å². The molecule has 0 spiro atoms. The standard InChI is InChI=1S/C3H5Cl2NO.C2HCl3O2/c4-1-3(2-5)6-7;3-2(4,5)1(6)7/h7H,1-2H2;(H,6,7). The van der Waals surface area contributed by atoms with E-state index in [1.54, 1.807) is 0 Å². The van der Waals surface area contributed by atoms with Crippen LogP contribution in [0, 0.1) is 0 Å². The number of carboxylic acid groups (broad SMARTS) is 1. The highest BCUT2D eigenvalue weighted by molar-refractivity contribution is 6.75. The third-order valence-electron chi connectivity index (χ3n) is 0.692. The first-order valence-corrected chi connectivity index (χ1v) is 5.11. The van der Waals surface area contributed by atoms with Crippen LogP contribution in [0.1, 0.15) is 0 Å². The fourth-order valence-electron chi connectivity index (χ4n) is 0.0892. The van der Waals surface area contributed by atoms with Gasteiger partial charge in [0.2, 0.25) is 0 Å². The number of nitrogens with zero attached hydrogens (tertiary/aromatic N) is 1. The van der Waals surface area contributed by atoms with Crippen molar-refractivity contribution in [2.75, 3.05) is 11.8 Å². The lowest BCUT2D eigenvalue weighted by Crippen LogP contribution is -2.16. The van der Waals surface area contributed by atoms with Crippen LogP contribution in [0.25, 0.3) is 0 Å². The average molecular weight is 305 g/mol. The summed E-state index contributed by atoms with van der Waals surface area (Å²) in [6, 6.07) is 0. The quantitative estimate of drug-likeness (QED) is 0.357. The van der Waals surface area contributed by atoms with Crippen molar-refractivity contribution in [3.8, 4) is 0 Å². The molecule has 0 radical (unpaired) electrons. The van der Waals surface area contributed by atoms with Crippen molar-refractivity contribution in [3.63, 3.8) is 0 Å². The van der Waals surface area contributed by atoms with Gasteiger partial charge in [-0.25, -0.2) is 4.79 Å². The molecule has 0 aromatic heterocycles. The van der Waals surface area contributed by atoms with Gasteiger partial charge in [0.25, 0.3) is 3.79 Å². The summed E-state index contributed by atoms with van der Waals surface area (Å²) in [5, 5.41) is 18.6. The van der Waals surface area contributed by atoms with E-state index in [2.05, 4.69) is 5.16 Å². The van der Waals surface area contributed by atoms with Crippen LogP contribution in [0.4, 0.5) is 0 Å². The van der Waals surface area contributed by atoms with Gasteiger partial charge >= 0.3 is 5.97 Å². The molecule has 0 unspecified atom stereocenters. The number of oxime groups is 1. The lowest BCUT2D eigenvalue weighted by Gasteiger charge is -1.99. The minimum absolute atomic E-state index is 0.194. The summed E-state index contributed by atoms with van der Waals surface area (Å²) in [6.07, 6.45) is 0. The van der Waals surface area contributed by atoms with Crippen molar-refractivity contribution in [1.82, 2.24) is 0 Å². The van der Waals surface area contributed by atoms with Gasteiger partial charge in [0.05, 0.1) is 17.5 Å². The van der Waals surface area contributed by atoms with Crippen LogP contribution in [-0.2, 0) is 4.79 Å². The maximum Gasteiger partial charge on any atom is 0.356 e. The molecular formula is C5H6Cl5NO3. The Hall–Kier alpha value is 0.390. The van der Waals surface area contributed by atoms with Gasteiger partial charge in [0.1, 0.15) is 0 Å². The summed E-state index contributed by atoms with van der Waals surface area (Å²) in [4.78, 5) is 9.62. The average Bonchev–Trinajstić information content (AvgIpc) is 2.07. The molecule has 0 aliphatic heterocycles. The number of rotatable bonds is 2. The summed E-state index contributed by atoms with van der Waals surface area (Å²) in [6.45, 7) is 0. The lowest BCUT2D eigenvalue weighted by molar-refractivity contribution is -0.135. The van der Waals surface area contributed by atoms with Crippen LogP contribution in [-0.4, -0.2) is 37.5 Å². The Kier molecular flexibility index (Phi) is 10.4. The molecule has 14 heavy (non-hydrogen) atoms. The Bertz CT molecular complexity index is 196. The fraction of sp³-hybridized carbons (Fsp3) is 0.600. The largest absolute Gasteiger partial charge is 0.478 e. The van der Waals surface area contributed by atoms with Crippen LogP contribution in [0.15, 0.2) is 5.16 Å². The number of halogens is 5. The first kappa shape index (κ1) is 16.8. The number of hydrogen-bond acceptors (Lipinski definition) is 3. The van der Waals surface area contributed by atoms with Crippen LogP contribution in [0.3, 0.4) is 0 Å². The van der Waals surface area contributed by atoms with E-state index in [0.29, 0.717) is 5.71 Å². The Morgan fingerprint density at radius 1 is 1.21 bits per heavy atom. The third kappa shape index (κ3) is 10.5. The predicted octanol–water partition coefficient (Wildman–Crippen LogP) is 2.74. The molecule has 9 heteroatoms. The Labute approximate surface area is 105 Å². The van der Waals surface area contributed by atoms with Gasteiger partial charge < -0.3 is 10.3 Å². The van der Waals surface area contributed by atoms with Gasteiger partial charge in [-0.3, -0.25) is 0 Å². The molecule has 0 atom stereocenters. The van der Waals surface area contributed by atoms with Gasteiger partial charge in [-0.05, 0) is 0 Å². The van der Waals surface area contributed by atoms with E-state index in [1.165, 1.54) is 0 Å². The van der Waals surface area contributed by atoms with E-state index >= 15 is 0 Å². The molecule has 0 saturated heterocycles. The molecule has 0 bridgehead atoms. The smallest absolute Gasteiger partial charge is 0.356 e. The van der Waals surface area contributed by atoms with E-state index in [4.69, 9.17) is 68.3 Å². The Morgan fingerprint density at radius 2 is 1.50 bits per heavy atom. The SMILES string of the molecule is O=C(O)C(Cl)(Cl)Cl.ON=C(CCl)CCl. The normalized spacial score (nSPS) is 9.79. The van der Waals surface area contributed by atoms with E-state index in [0.717, 1.165) is 0 Å². The zero-order valence-electron chi connectivity index (χ0n) is 6.55. The molecule has 0 heterocycles. The molecule has 0 fully saturated rings. The molecular weight excluding hydrogens is 299 g/mol. The maximum absolute atomic E-state index is 9.62. The summed E-state index contributed by atoms with van der Waals surface area (Å²) in [5.41, 5.74) is 0.392. The van der Waals surface area contributed by atoms with Crippen LogP contribution < -0.4 is 0 Å². The van der Waals surface area contributed by atoms with Crippen LogP contribution in [0.5, 0.6) is 0 Å². The van der Waals surface area contributed by atoms with Crippen molar-refractivity contribution >= 4 is 69.7 Å². The first-order valence-electron chi connectivity index (χ1n) is 2.91. The molecule has 2 N–H and O–H groups in total. The number of carboxylic acids is 1. The van der Waals surface area contributed by atoms with Crippen LogP contribution >= 0.6 is 58.0 Å². The van der Waals surface area contributed by atoms with E-state index in [1.807, 2.05) is 0 Å². The maximum atomic E-state index is 9.62. The molecule has 0 aliphatic carbocycles. The van der Waals surface area contributed by atoms with Crippen molar-refractivity contribution in [2.45, 2.75) is 3.79 Å². The number of aliphatic carboxylic acids is 1. The molecule has 84 valence electrons. The van der Waals surface area contributed by atoms with Crippen molar-refractivity contribution in [1.29, 1.82) is 0 Å². The summed E-state index contributed by atoms with van der Waals surface area (Å²) < 4.78 is -2.17. The number of hydrogen-bond donors (Lipinski definition) is 2. The summed E-state index contributed by atoms with van der Waals surface area (Å²) in [7, 11) is 0. The molecule has 0 aliphatic rings. The highest BCUT2D eigenvalue weighted by atomic mass is 35.6. The Morgan fingerprint density at radius 3 is 1.50 bits per heavy atom. The second-order valence-electron chi connectivity index (χ2n) is 1.74. The Balaban J connectivity index is 0. The zero-order chi connectivity index (χ0) is 11.8. The molecule has 0 saturated carbocycles. The van der Waals surface area contributed by atoms with Gasteiger partial charge in [-0.1, -0.05) is 40.0 Å². The minimum atomic E-state index is -2.17.